The number of ether oxygens (including phenoxy) is 1. The quantitative estimate of drug-likeness (QED) is 0.519. The van der Waals surface area contributed by atoms with Gasteiger partial charge in [0.05, 0.1) is 5.92 Å². The molecule has 0 spiro atoms. The Morgan fingerprint density at radius 2 is 1.62 bits per heavy atom. The molecule has 0 aromatic rings. The zero-order valence-corrected chi connectivity index (χ0v) is 15.7. The topological polar surface area (TPSA) is 29.5 Å². The van der Waals surface area contributed by atoms with E-state index in [-0.39, 0.29) is 18.0 Å². The fraction of sp³-hybridized carbons (Fsp3) is 0.941. The second-order valence-corrected chi connectivity index (χ2v) is 6.36. The Morgan fingerprint density at radius 1 is 1.14 bits per heavy atom. The molecule has 2 fully saturated rings. The first-order valence-corrected chi connectivity index (χ1v) is 10.0. The number of halogens is 1. The molecular weight excluding hydrogens is 330 g/mol. The van der Waals surface area contributed by atoms with Crippen molar-refractivity contribution in [2.75, 3.05) is 12.9 Å². The number of alkyl halides is 1. The van der Waals surface area contributed by atoms with E-state index in [4.69, 9.17) is 4.74 Å². The first-order valence-electron chi connectivity index (χ1n) is 8.45. The molecule has 21 heavy (non-hydrogen) atoms. The van der Waals surface area contributed by atoms with Crippen LogP contribution >= 0.6 is 15.9 Å². The maximum Gasteiger partial charge on any atom is 0.309 e. The summed E-state index contributed by atoms with van der Waals surface area (Å²) in [6.07, 6.45) is 8.92. The minimum atomic E-state index is 0.0673. The van der Waals surface area contributed by atoms with Gasteiger partial charge in [0.2, 0.25) is 0 Å². The average molecular weight is 362 g/mol. The number of esters is 1. The molecule has 0 amide bonds. The van der Waals surface area contributed by atoms with Crippen LogP contribution in [0.25, 0.3) is 0 Å². The van der Waals surface area contributed by atoms with Crippen molar-refractivity contribution in [2.24, 2.45) is 5.92 Å². The summed E-state index contributed by atoms with van der Waals surface area (Å²) in [6.45, 7) is 4.29. The summed E-state index contributed by atoms with van der Waals surface area (Å²) in [5.74, 6) is 2.01. The number of fused-ring (bicyclic) bond motifs is 2. The van der Waals surface area contributed by atoms with Crippen LogP contribution in [0.15, 0.2) is 0 Å². The Bertz CT molecular complexity index is 291. The lowest BCUT2D eigenvalue weighted by atomic mass is 9.97. The summed E-state index contributed by atoms with van der Waals surface area (Å²) in [6, 6.07) is 1.29. The standard InChI is InChI=1S/C16H29NO2.CH3Br/c1-4-6-12(7-5-2)16(18)19-15-10-13-8-9-14(11-15)17(13)3;1-2/h12-15H,4-11H2,1-3H3;1H3/t13-,14+,15?;. The third-order valence-corrected chi connectivity index (χ3v) is 4.95. The third-order valence-electron chi connectivity index (χ3n) is 4.95. The van der Waals surface area contributed by atoms with Crippen molar-refractivity contribution in [1.82, 2.24) is 4.90 Å². The number of hydrogen-bond donors (Lipinski definition) is 0. The molecule has 2 heterocycles. The van der Waals surface area contributed by atoms with Gasteiger partial charge >= 0.3 is 5.97 Å². The van der Waals surface area contributed by atoms with Gasteiger partial charge < -0.3 is 9.64 Å². The highest BCUT2D eigenvalue weighted by atomic mass is 79.9. The molecule has 2 aliphatic rings. The van der Waals surface area contributed by atoms with Crippen LogP contribution in [0.3, 0.4) is 0 Å². The van der Waals surface area contributed by atoms with Crippen molar-refractivity contribution in [1.29, 1.82) is 0 Å². The second kappa shape index (κ2) is 9.83. The maximum atomic E-state index is 12.3. The minimum absolute atomic E-state index is 0.0673. The summed E-state index contributed by atoms with van der Waals surface area (Å²) < 4.78 is 5.82. The first-order chi connectivity index (χ1) is 10.2. The maximum absolute atomic E-state index is 12.3. The van der Waals surface area contributed by atoms with Crippen LogP contribution in [0, 0.1) is 5.92 Å². The van der Waals surface area contributed by atoms with Crippen LogP contribution in [0.1, 0.15) is 65.2 Å². The highest BCUT2D eigenvalue weighted by Gasteiger charge is 2.40. The molecule has 3 nitrogen and oxygen atoms in total. The van der Waals surface area contributed by atoms with Gasteiger partial charge in [-0.3, -0.25) is 4.79 Å². The predicted molar refractivity (Wildman–Crippen MR) is 91.8 cm³/mol. The molecule has 0 aromatic heterocycles. The predicted octanol–water partition coefficient (Wildman–Crippen LogP) is 4.38. The number of carbonyl (C=O) groups excluding carboxylic acids is 1. The lowest BCUT2D eigenvalue weighted by Gasteiger charge is -2.36. The highest BCUT2D eigenvalue weighted by Crippen LogP contribution is 2.35. The van der Waals surface area contributed by atoms with E-state index in [0.29, 0.717) is 12.1 Å². The summed E-state index contributed by atoms with van der Waals surface area (Å²) in [5, 5.41) is 0. The van der Waals surface area contributed by atoms with E-state index >= 15 is 0 Å². The van der Waals surface area contributed by atoms with Gasteiger partial charge in [0.15, 0.2) is 0 Å². The molecule has 2 saturated heterocycles. The lowest BCUT2D eigenvalue weighted by Crippen LogP contribution is -2.43. The van der Waals surface area contributed by atoms with E-state index in [0.717, 1.165) is 38.5 Å². The number of hydrogen-bond acceptors (Lipinski definition) is 3. The number of nitrogens with zero attached hydrogens (tertiary/aromatic N) is 1. The molecule has 2 rings (SSSR count). The molecule has 0 radical (unpaired) electrons. The van der Waals surface area contributed by atoms with E-state index in [2.05, 4.69) is 41.7 Å². The Labute approximate surface area is 138 Å². The lowest BCUT2D eigenvalue weighted by molar-refractivity contribution is -0.158. The molecule has 2 aliphatic heterocycles. The summed E-state index contributed by atoms with van der Waals surface area (Å²) >= 11 is 2.94. The average Bonchev–Trinajstić information content (AvgIpc) is 2.71. The highest BCUT2D eigenvalue weighted by molar-refractivity contribution is 9.08. The smallest absolute Gasteiger partial charge is 0.309 e. The van der Waals surface area contributed by atoms with Crippen molar-refractivity contribution in [2.45, 2.75) is 83.4 Å². The van der Waals surface area contributed by atoms with Gasteiger partial charge in [-0.05, 0) is 51.4 Å². The van der Waals surface area contributed by atoms with Crippen molar-refractivity contribution >= 4 is 21.9 Å². The Kier molecular flexibility index (Phi) is 8.88. The summed E-state index contributed by atoms with van der Waals surface area (Å²) in [4.78, 5) is 14.8. The van der Waals surface area contributed by atoms with Gasteiger partial charge in [0, 0.05) is 12.1 Å². The Balaban J connectivity index is 0.00000106. The van der Waals surface area contributed by atoms with Gasteiger partial charge in [0.25, 0.3) is 0 Å². The fourth-order valence-corrected chi connectivity index (χ4v) is 3.80. The van der Waals surface area contributed by atoms with E-state index < -0.39 is 0 Å². The molecule has 0 aromatic carbocycles. The summed E-state index contributed by atoms with van der Waals surface area (Å²) in [7, 11) is 2.22. The van der Waals surface area contributed by atoms with Gasteiger partial charge in [0.1, 0.15) is 6.10 Å². The van der Waals surface area contributed by atoms with Crippen molar-refractivity contribution in [3.8, 4) is 0 Å². The van der Waals surface area contributed by atoms with Gasteiger partial charge in [-0.25, -0.2) is 0 Å². The molecule has 4 heteroatoms. The van der Waals surface area contributed by atoms with Crippen molar-refractivity contribution in [3.63, 3.8) is 0 Å². The van der Waals surface area contributed by atoms with Crippen LogP contribution < -0.4 is 0 Å². The largest absolute Gasteiger partial charge is 0.462 e. The molecule has 124 valence electrons. The molecule has 0 aliphatic carbocycles. The normalized spacial score (nSPS) is 28.2. The number of carbonyl (C=O) groups is 1. The SMILES string of the molecule is CBr.CCCC(CCC)C(=O)OC1C[C@H]2CC[C@@H](C1)N2C. The van der Waals surface area contributed by atoms with Crippen LogP contribution in [0.4, 0.5) is 0 Å². The van der Waals surface area contributed by atoms with Crippen LogP contribution in [0.5, 0.6) is 0 Å². The molecule has 3 atom stereocenters. The molecular formula is C17H32BrNO2. The van der Waals surface area contributed by atoms with E-state index in [1.54, 1.807) is 0 Å². The van der Waals surface area contributed by atoms with Crippen molar-refractivity contribution < 1.29 is 9.53 Å². The number of rotatable bonds is 6. The fourth-order valence-electron chi connectivity index (χ4n) is 3.80. The van der Waals surface area contributed by atoms with Gasteiger partial charge in [-0.15, -0.1) is 0 Å². The molecule has 0 N–H and O–H groups in total. The third kappa shape index (κ3) is 5.24. The first kappa shape index (κ1) is 19.0. The van der Waals surface area contributed by atoms with E-state index in [1.807, 2.05) is 5.83 Å². The Hall–Kier alpha value is -0.0900. The van der Waals surface area contributed by atoms with Gasteiger partial charge in [-0.1, -0.05) is 42.6 Å². The van der Waals surface area contributed by atoms with Gasteiger partial charge in [-0.2, -0.15) is 0 Å². The molecule has 0 saturated carbocycles. The van der Waals surface area contributed by atoms with E-state index in [1.165, 1.54) is 12.8 Å². The Morgan fingerprint density at radius 3 is 2.05 bits per heavy atom. The zero-order chi connectivity index (χ0) is 15.8. The van der Waals surface area contributed by atoms with E-state index in [9.17, 15) is 4.79 Å². The molecule has 2 bridgehead atoms. The van der Waals surface area contributed by atoms with Crippen LogP contribution in [0.2, 0.25) is 0 Å². The summed E-state index contributed by atoms with van der Waals surface area (Å²) in [5.41, 5.74) is 0. The molecule has 1 unspecified atom stereocenters. The minimum Gasteiger partial charge on any atom is -0.462 e. The second-order valence-electron chi connectivity index (χ2n) is 6.36. The number of piperidine rings is 1. The monoisotopic (exact) mass is 361 g/mol. The van der Waals surface area contributed by atoms with Crippen molar-refractivity contribution in [3.05, 3.63) is 0 Å². The zero-order valence-electron chi connectivity index (χ0n) is 14.1. The van der Waals surface area contributed by atoms with Crippen LogP contribution in [-0.2, 0) is 9.53 Å². The van der Waals surface area contributed by atoms with Crippen LogP contribution in [-0.4, -0.2) is 41.9 Å².